The Morgan fingerprint density at radius 3 is 2.92 bits per heavy atom. The molecule has 12 heavy (non-hydrogen) atoms. The predicted molar refractivity (Wildman–Crippen MR) is 47.4 cm³/mol. The molecule has 3 N–H and O–H groups in total. The number of hydrogen-bond donors (Lipinski definition) is 2. The number of fused-ring (bicyclic) bond motifs is 1. The van der Waals surface area contributed by atoms with Gasteiger partial charge >= 0.3 is 0 Å². The first-order chi connectivity index (χ1) is 5.79. The first kappa shape index (κ1) is 6.74. The van der Waals surface area contributed by atoms with Crippen LogP contribution in [-0.4, -0.2) is 4.98 Å². The van der Waals surface area contributed by atoms with Gasteiger partial charge < -0.3 is 10.7 Å². The molecule has 0 spiro atoms. The number of nitrogens with one attached hydrogen (secondary N) is 1. The highest BCUT2D eigenvalue weighted by Crippen LogP contribution is 2.17. The van der Waals surface area contributed by atoms with Gasteiger partial charge in [0.15, 0.2) is 0 Å². The first-order valence-corrected chi connectivity index (χ1v) is 3.58. The van der Waals surface area contributed by atoms with Crippen LogP contribution in [0.2, 0.25) is 0 Å². The minimum absolute atomic E-state index is 0.625. The largest absolute Gasteiger partial charge is 0.385 e. The molecule has 1 aromatic heterocycles. The van der Waals surface area contributed by atoms with Gasteiger partial charge in [-0.3, -0.25) is 0 Å². The van der Waals surface area contributed by atoms with E-state index in [1.807, 2.05) is 18.2 Å². The minimum Gasteiger partial charge on any atom is -0.385 e. The third-order valence-corrected chi connectivity index (χ3v) is 1.77. The van der Waals surface area contributed by atoms with E-state index in [1.54, 1.807) is 6.07 Å². The van der Waals surface area contributed by atoms with E-state index in [2.05, 4.69) is 11.1 Å². The SMILES string of the molecule is N#Cc1ccc2[nH]c(N)cc2c1. The van der Waals surface area contributed by atoms with E-state index in [9.17, 15) is 0 Å². The lowest BCUT2D eigenvalue weighted by Crippen LogP contribution is -1.80. The summed E-state index contributed by atoms with van der Waals surface area (Å²) in [5.41, 5.74) is 7.16. The molecule has 3 nitrogen and oxygen atoms in total. The molecule has 0 atom stereocenters. The standard InChI is InChI=1S/C9H7N3/c10-5-6-1-2-8-7(3-6)4-9(11)12-8/h1-4,12H,11H2. The normalized spacial score (nSPS) is 9.92. The fraction of sp³-hybridized carbons (Fsp3) is 0. The van der Waals surface area contributed by atoms with Crippen molar-refractivity contribution < 1.29 is 0 Å². The van der Waals surface area contributed by atoms with Crippen LogP contribution in [0, 0.1) is 11.3 Å². The Labute approximate surface area is 69.4 Å². The van der Waals surface area contributed by atoms with E-state index in [0.717, 1.165) is 10.9 Å². The highest BCUT2D eigenvalue weighted by Gasteiger charge is 1.97. The van der Waals surface area contributed by atoms with Crippen LogP contribution in [0.3, 0.4) is 0 Å². The number of hydrogen-bond acceptors (Lipinski definition) is 2. The van der Waals surface area contributed by atoms with Gasteiger partial charge in [0.25, 0.3) is 0 Å². The number of nitrogens with zero attached hydrogens (tertiary/aromatic N) is 1. The average Bonchev–Trinajstić information content (AvgIpc) is 2.43. The van der Waals surface area contributed by atoms with Crippen molar-refractivity contribution in [2.75, 3.05) is 5.73 Å². The fourth-order valence-electron chi connectivity index (χ4n) is 1.22. The summed E-state index contributed by atoms with van der Waals surface area (Å²) in [5.74, 6) is 0.625. The minimum atomic E-state index is 0.625. The van der Waals surface area contributed by atoms with Crippen molar-refractivity contribution in [3.8, 4) is 6.07 Å². The second kappa shape index (κ2) is 2.28. The summed E-state index contributed by atoms with van der Waals surface area (Å²) in [4.78, 5) is 2.98. The fourth-order valence-corrected chi connectivity index (χ4v) is 1.22. The van der Waals surface area contributed by atoms with Crippen molar-refractivity contribution in [3.63, 3.8) is 0 Å². The van der Waals surface area contributed by atoms with Crippen molar-refractivity contribution in [1.29, 1.82) is 5.26 Å². The zero-order valence-electron chi connectivity index (χ0n) is 6.33. The van der Waals surface area contributed by atoms with Gasteiger partial charge in [0.2, 0.25) is 0 Å². The number of nitriles is 1. The lowest BCUT2D eigenvalue weighted by molar-refractivity contribution is 1.46. The number of rotatable bonds is 0. The monoisotopic (exact) mass is 157 g/mol. The Bertz CT molecular complexity index is 462. The number of benzene rings is 1. The van der Waals surface area contributed by atoms with Crippen LogP contribution in [-0.2, 0) is 0 Å². The molecule has 0 unspecified atom stereocenters. The maximum Gasteiger partial charge on any atom is 0.101 e. The summed E-state index contributed by atoms with van der Waals surface area (Å²) in [5, 5.41) is 9.59. The quantitative estimate of drug-likeness (QED) is 0.610. The summed E-state index contributed by atoms with van der Waals surface area (Å²) in [7, 11) is 0. The summed E-state index contributed by atoms with van der Waals surface area (Å²) >= 11 is 0. The summed E-state index contributed by atoms with van der Waals surface area (Å²) < 4.78 is 0. The number of aromatic nitrogens is 1. The molecule has 0 amide bonds. The second-order valence-corrected chi connectivity index (χ2v) is 2.64. The number of anilines is 1. The molecular weight excluding hydrogens is 150 g/mol. The summed E-state index contributed by atoms with van der Waals surface area (Å²) in [6.45, 7) is 0. The van der Waals surface area contributed by atoms with Crippen LogP contribution in [0.25, 0.3) is 10.9 Å². The van der Waals surface area contributed by atoms with Crippen molar-refractivity contribution in [3.05, 3.63) is 29.8 Å². The zero-order valence-corrected chi connectivity index (χ0v) is 6.33. The van der Waals surface area contributed by atoms with Crippen LogP contribution in [0.1, 0.15) is 5.56 Å². The van der Waals surface area contributed by atoms with Crippen LogP contribution < -0.4 is 5.73 Å². The van der Waals surface area contributed by atoms with E-state index < -0.39 is 0 Å². The lowest BCUT2D eigenvalue weighted by Gasteiger charge is -1.88. The molecule has 0 saturated heterocycles. The van der Waals surface area contributed by atoms with E-state index >= 15 is 0 Å². The van der Waals surface area contributed by atoms with Crippen molar-refractivity contribution >= 4 is 16.7 Å². The van der Waals surface area contributed by atoms with Gasteiger partial charge in [0.05, 0.1) is 11.6 Å². The number of aromatic amines is 1. The highest BCUT2D eigenvalue weighted by molar-refractivity contribution is 5.84. The summed E-state index contributed by atoms with van der Waals surface area (Å²) in [6.07, 6.45) is 0. The van der Waals surface area contributed by atoms with Crippen LogP contribution in [0.4, 0.5) is 5.82 Å². The Kier molecular flexibility index (Phi) is 1.28. The molecule has 1 aromatic carbocycles. The maximum absolute atomic E-state index is 8.61. The molecule has 58 valence electrons. The zero-order chi connectivity index (χ0) is 8.55. The lowest BCUT2D eigenvalue weighted by atomic mass is 10.2. The van der Waals surface area contributed by atoms with Gasteiger partial charge in [-0.15, -0.1) is 0 Å². The molecule has 0 fully saturated rings. The molecule has 3 heteroatoms. The van der Waals surface area contributed by atoms with Gasteiger partial charge in [0, 0.05) is 10.9 Å². The predicted octanol–water partition coefficient (Wildman–Crippen LogP) is 1.62. The molecule has 2 rings (SSSR count). The third-order valence-electron chi connectivity index (χ3n) is 1.77. The van der Waals surface area contributed by atoms with Crippen molar-refractivity contribution in [2.45, 2.75) is 0 Å². The van der Waals surface area contributed by atoms with E-state index in [0.29, 0.717) is 11.4 Å². The third kappa shape index (κ3) is 0.903. The molecule has 2 aromatic rings. The Balaban J connectivity index is 2.77. The maximum atomic E-state index is 8.61. The molecule has 0 aliphatic carbocycles. The topological polar surface area (TPSA) is 65.6 Å². The molecule has 0 saturated carbocycles. The Morgan fingerprint density at radius 2 is 2.17 bits per heavy atom. The Morgan fingerprint density at radius 1 is 1.33 bits per heavy atom. The molecular formula is C9H7N3. The summed E-state index contributed by atoms with van der Waals surface area (Å²) in [6, 6.07) is 9.31. The van der Waals surface area contributed by atoms with E-state index in [-0.39, 0.29) is 0 Å². The van der Waals surface area contributed by atoms with Gasteiger partial charge in [-0.25, -0.2) is 0 Å². The molecule has 1 heterocycles. The highest BCUT2D eigenvalue weighted by atomic mass is 14.8. The molecule has 0 bridgehead atoms. The van der Waals surface area contributed by atoms with E-state index in [1.165, 1.54) is 0 Å². The van der Waals surface area contributed by atoms with Crippen molar-refractivity contribution in [1.82, 2.24) is 4.98 Å². The van der Waals surface area contributed by atoms with Gasteiger partial charge in [-0.05, 0) is 24.3 Å². The smallest absolute Gasteiger partial charge is 0.101 e. The van der Waals surface area contributed by atoms with E-state index in [4.69, 9.17) is 11.0 Å². The molecule has 0 aliphatic rings. The van der Waals surface area contributed by atoms with Crippen LogP contribution >= 0.6 is 0 Å². The number of nitrogens with two attached hydrogens (primary N) is 1. The molecule has 0 radical (unpaired) electrons. The van der Waals surface area contributed by atoms with Gasteiger partial charge in [0.1, 0.15) is 5.82 Å². The Hall–Kier alpha value is -1.95. The first-order valence-electron chi connectivity index (χ1n) is 3.58. The van der Waals surface area contributed by atoms with Crippen molar-refractivity contribution in [2.24, 2.45) is 0 Å². The molecule has 0 aliphatic heterocycles. The van der Waals surface area contributed by atoms with Crippen LogP contribution in [0.5, 0.6) is 0 Å². The van der Waals surface area contributed by atoms with Crippen LogP contribution in [0.15, 0.2) is 24.3 Å². The number of nitrogen functional groups attached to an aromatic ring is 1. The average molecular weight is 157 g/mol. The van der Waals surface area contributed by atoms with Gasteiger partial charge in [-0.2, -0.15) is 5.26 Å². The second-order valence-electron chi connectivity index (χ2n) is 2.64. The van der Waals surface area contributed by atoms with Gasteiger partial charge in [-0.1, -0.05) is 0 Å². The number of H-pyrrole nitrogens is 1.